The number of carbonyl (C=O) groups excluding carboxylic acids is 2. The van der Waals surface area contributed by atoms with Crippen LogP contribution in [0.25, 0.3) is 0 Å². The fourth-order valence-electron chi connectivity index (χ4n) is 3.00. The van der Waals surface area contributed by atoms with Crippen LogP contribution < -0.4 is 10.2 Å². The maximum atomic E-state index is 12.7. The predicted octanol–water partition coefficient (Wildman–Crippen LogP) is 2.13. The van der Waals surface area contributed by atoms with Crippen LogP contribution >= 0.6 is 0 Å². The zero-order valence-corrected chi connectivity index (χ0v) is 15.5. The van der Waals surface area contributed by atoms with Crippen molar-refractivity contribution in [3.8, 4) is 5.75 Å². The van der Waals surface area contributed by atoms with Crippen molar-refractivity contribution in [1.29, 1.82) is 5.41 Å². The molecule has 1 fully saturated rings. The number of carbonyl (C=O) groups is 2. The molecular formula is C19H21N5O4. The average Bonchev–Trinajstić information content (AvgIpc) is 3.18. The molecule has 3 amide bonds. The Bertz CT molecular complexity index is 957. The molecule has 0 spiro atoms. The van der Waals surface area contributed by atoms with Gasteiger partial charge in [-0.1, -0.05) is 12.1 Å². The minimum absolute atomic E-state index is 0.0218. The van der Waals surface area contributed by atoms with Gasteiger partial charge in [-0.25, -0.2) is 9.69 Å². The van der Waals surface area contributed by atoms with E-state index in [1.165, 1.54) is 36.1 Å². The number of nitrogens with zero attached hydrogens (tertiary/aromatic N) is 3. The first kappa shape index (κ1) is 19.2. The van der Waals surface area contributed by atoms with Crippen molar-refractivity contribution in [3.05, 3.63) is 53.6 Å². The van der Waals surface area contributed by atoms with E-state index in [0.29, 0.717) is 17.7 Å². The van der Waals surface area contributed by atoms with Gasteiger partial charge < -0.3 is 20.9 Å². The smallest absolute Gasteiger partial charge is 0.329 e. The maximum Gasteiger partial charge on any atom is 0.329 e. The number of urea groups is 1. The molecule has 146 valence electrons. The predicted molar refractivity (Wildman–Crippen MR) is 103 cm³/mol. The molecule has 1 saturated heterocycles. The second-order valence-electron chi connectivity index (χ2n) is 6.63. The fraction of sp³-hybridized carbons (Fsp3) is 0.263. The molecule has 1 aliphatic heterocycles. The van der Waals surface area contributed by atoms with Crippen LogP contribution in [0.3, 0.4) is 0 Å². The molecule has 2 aromatic rings. The maximum absolute atomic E-state index is 12.7. The SMILES string of the molecule is CC(=N)/C(Cn1cc(N2C(=O)NC(Cc3ccc(O)cc3)C2=O)cn1)=C(/C)O. The van der Waals surface area contributed by atoms with Crippen LogP contribution in [0.5, 0.6) is 5.75 Å². The topological polar surface area (TPSA) is 132 Å². The molecule has 3 rings (SSSR count). The standard InChI is InChI=1S/C19H21N5O4/c1-11(20)16(12(2)25)10-23-9-14(8-21-23)24-18(27)17(22-19(24)28)7-13-3-5-15(26)6-4-13/h3-6,8-9,17,20,25-26H,7,10H2,1-2H3,(H,22,28)/b16-12-,20-11?. The van der Waals surface area contributed by atoms with E-state index in [1.807, 2.05) is 0 Å². The van der Waals surface area contributed by atoms with Gasteiger partial charge >= 0.3 is 6.03 Å². The first-order valence-corrected chi connectivity index (χ1v) is 8.65. The van der Waals surface area contributed by atoms with Crippen molar-refractivity contribution in [1.82, 2.24) is 15.1 Å². The van der Waals surface area contributed by atoms with Crippen LogP contribution in [-0.4, -0.2) is 43.7 Å². The Morgan fingerprint density at radius 1 is 1.25 bits per heavy atom. The highest BCUT2D eigenvalue weighted by Crippen LogP contribution is 2.22. The van der Waals surface area contributed by atoms with Gasteiger partial charge in [0.1, 0.15) is 11.8 Å². The van der Waals surface area contributed by atoms with Crippen molar-refractivity contribution in [3.63, 3.8) is 0 Å². The number of phenols is 1. The summed E-state index contributed by atoms with van der Waals surface area (Å²) >= 11 is 0. The van der Waals surface area contributed by atoms with Crippen molar-refractivity contribution in [2.75, 3.05) is 4.90 Å². The molecule has 0 bridgehead atoms. The summed E-state index contributed by atoms with van der Waals surface area (Å²) in [6.45, 7) is 3.20. The highest BCUT2D eigenvalue weighted by molar-refractivity contribution is 6.21. The van der Waals surface area contributed by atoms with E-state index >= 15 is 0 Å². The summed E-state index contributed by atoms with van der Waals surface area (Å²) in [6.07, 6.45) is 3.22. The summed E-state index contributed by atoms with van der Waals surface area (Å²) in [7, 11) is 0. The highest BCUT2D eigenvalue weighted by Gasteiger charge is 2.39. The van der Waals surface area contributed by atoms with Gasteiger partial charge in [0.2, 0.25) is 0 Å². The molecule has 1 atom stereocenters. The van der Waals surface area contributed by atoms with Gasteiger partial charge in [-0.3, -0.25) is 9.48 Å². The van der Waals surface area contributed by atoms with E-state index < -0.39 is 18.0 Å². The Labute approximate surface area is 161 Å². The molecule has 1 aliphatic rings. The second-order valence-corrected chi connectivity index (χ2v) is 6.63. The number of imide groups is 1. The normalized spacial score (nSPS) is 17.5. The largest absolute Gasteiger partial charge is 0.512 e. The molecule has 1 aromatic carbocycles. The van der Waals surface area contributed by atoms with Gasteiger partial charge in [0.25, 0.3) is 5.91 Å². The molecule has 9 heteroatoms. The van der Waals surface area contributed by atoms with E-state index in [9.17, 15) is 19.8 Å². The number of allylic oxidation sites excluding steroid dienone is 2. The Balaban J connectivity index is 1.75. The van der Waals surface area contributed by atoms with E-state index in [4.69, 9.17) is 5.41 Å². The molecule has 2 heterocycles. The van der Waals surface area contributed by atoms with E-state index in [0.717, 1.165) is 10.5 Å². The molecule has 9 nitrogen and oxygen atoms in total. The summed E-state index contributed by atoms with van der Waals surface area (Å²) in [5.41, 5.74) is 1.75. The molecule has 4 N–H and O–H groups in total. The van der Waals surface area contributed by atoms with Crippen LogP contribution in [0, 0.1) is 5.41 Å². The molecule has 1 aromatic heterocycles. The van der Waals surface area contributed by atoms with Gasteiger partial charge in [0, 0.05) is 23.9 Å². The number of phenolic OH excluding ortho intramolecular Hbond substituents is 1. The van der Waals surface area contributed by atoms with Gasteiger partial charge in [-0.05, 0) is 31.5 Å². The number of amides is 3. The Morgan fingerprint density at radius 3 is 2.54 bits per heavy atom. The summed E-state index contributed by atoms with van der Waals surface area (Å²) in [5, 5.41) is 33.5. The number of hydrogen-bond acceptors (Lipinski definition) is 6. The van der Waals surface area contributed by atoms with Gasteiger partial charge in [-0.2, -0.15) is 5.10 Å². The van der Waals surface area contributed by atoms with Crippen LogP contribution in [0.1, 0.15) is 19.4 Å². The monoisotopic (exact) mass is 383 g/mol. The lowest BCUT2D eigenvalue weighted by Gasteiger charge is -2.11. The third-order valence-corrected chi connectivity index (χ3v) is 4.48. The van der Waals surface area contributed by atoms with Gasteiger partial charge in [0.15, 0.2) is 0 Å². The number of hydrogen-bond donors (Lipinski definition) is 4. The Kier molecular flexibility index (Phi) is 5.16. The number of aliphatic hydroxyl groups is 1. The highest BCUT2D eigenvalue weighted by atomic mass is 16.3. The minimum atomic E-state index is -0.709. The fourth-order valence-corrected chi connectivity index (χ4v) is 3.00. The quantitative estimate of drug-likeness (QED) is 0.345. The molecule has 0 saturated carbocycles. The van der Waals surface area contributed by atoms with Crippen LogP contribution in [0.15, 0.2) is 48.0 Å². The number of benzene rings is 1. The lowest BCUT2D eigenvalue weighted by molar-refractivity contribution is -0.118. The van der Waals surface area contributed by atoms with Crippen molar-refractivity contribution in [2.45, 2.75) is 32.9 Å². The average molecular weight is 383 g/mol. The van der Waals surface area contributed by atoms with Crippen LogP contribution in [-0.2, 0) is 17.8 Å². The number of aromatic nitrogens is 2. The third-order valence-electron chi connectivity index (χ3n) is 4.48. The molecule has 1 unspecified atom stereocenters. The Hall–Kier alpha value is -3.62. The summed E-state index contributed by atoms with van der Waals surface area (Å²) < 4.78 is 1.45. The number of nitrogens with one attached hydrogen (secondary N) is 2. The van der Waals surface area contributed by atoms with Crippen molar-refractivity contribution < 1.29 is 19.8 Å². The lowest BCUT2D eigenvalue weighted by atomic mass is 10.1. The minimum Gasteiger partial charge on any atom is -0.512 e. The van der Waals surface area contributed by atoms with Gasteiger partial charge in [-0.15, -0.1) is 0 Å². The number of rotatable bonds is 6. The summed E-state index contributed by atoms with van der Waals surface area (Å²) in [4.78, 5) is 26.1. The van der Waals surface area contributed by atoms with Crippen molar-refractivity contribution in [2.24, 2.45) is 0 Å². The third kappa shape index (κ3) is 3.88. The molecule has 28 heavy (non-hydrogen) atoms. The zero-order chi connectivity index (χ0) is 20.4. The van der Waals surface area contributed by atoms with Crippen molar-refractivity contribution >= 4 is 23.3 Å². The lowest BCUT2D eigenvalue weighted by Crippen LogP contribution is -2.32. The number of aromatic hydroxyl groups is 1. The first-order valence-electron chi connectivity index (χ1n) is 8.65. The van der Waals surface area contributed by atoms with Gasteiger partial charge in [0.05, 0.1) is 24.2 Å². The van der Waals surface area contributed by atoms with Crippen LogP contribution in [0.4, 0.5) is 10.5 Å². The summed E-state index contributed by atoms with van der Waals surface area (Å²) in [5.74, 6) is -0.241. The molecular weight excluding hydrogens is 362 g/mol. The summed E-state index contributed by atoms with van der Waals surface area (Å²) in [6, 6.07) is 5.20. The first-order chi connectivity index (χ1) is 13.3. The number of anilines is 1. The molecule has 0 radical (unpaired) electrons. The van der Waals surface area contributed by atoms with E-state index in [-0.39, 0.29) is 23.8 Å². The second kappa shape index (κ2) is 7.55. The Morgan fingerprint density at radius 2 is 1.93 bits per heavy atom. The zero-order valence-electron chi connectivity index (χ0n) is 15.5. The van der Waals surface area contributed by atoms with Crippen LogP contribution in [0.2, 0.25) is 0 Å². The number of aliphatic hydroxyl groups excluding tert-OH is 1. The van der Waals surface area contributed by atoms with E-state index in [1.54, 1.807) is 19.1 Å². The molecule has 0 aliphatic carbocycles. The van der Waals surface area contributed by atoms with E-state index in [2.05, 4.69) is 10.4 Å².